The van der Waals surface area contributed by atoms with E-state index in [1.165, 1.54) is 7.11 Å². The van der Waals surface area contributed by atoms with Gasteiger partial charge < -0.3 is 20.5 Å². The molecular weight excluding hydrogens is 525 g/mol. The topological polar surface area (TPSA) is 162 Å². The van der Waals surface area contributed by atoms with Crippen LogP contribution >= 0.6 is 19.4 Å². The Hall–Kier alpha value is -2.31. The van der Waals surface area contributed by atoms with Gasteiger partial charge in [0.1, 0.15) is 0 Å². The molecule has 12 nitrogen and oxygen atoms in total. The average molecular weight is 560 g/mol. The van der Waals surface area contributed by atoms with E-state index < -0.39 is 13.4 Å². The van der Waals surface area contributed by atoms with E-state index in [4.69, 9.17) is 35.6 Å². The van der Waals surface area contributed by atoms with Crippen LogP contribution in [0.4, 0.5) is 17.5 Å². The maximum absolute atomic E-state index is 12.6. The number of methoxy groups -OCH3 is 1. The van der Waals surface area contributed by atoms with Gasteiger partial charge in [-0.1, -0.05) is 23.7 Å². The number of phosphoric ester groups is 1. The molecule has 2 heterocycles. The van der Waals surface area contributed by atoms with Crippen LogP contribution in [0.5, 0.6) is 0 Å². The molecule has 4 N–H and O–H groups in total. The fourth-order valence-electron chi connectivity index (χ4n) is 3.45. The van der Waals surface area contributed by atoms with Gasteiger partial charge in [0.2, 0.25) is 5.95 Å². The molecule has 0 spiro atoms. The molecule has 1 aliphatic heterocycles. The molecule has 0 radical (unpaired) electrons. The molecule has 14 heteroatoms. The van der Waals surface area contributed by atoms with Crippen LogP contribution in [0.3, 0.4) is 0 Å². The fourth-order valence-corrected chi connectivity index (χ4v) is 5.07. The molecule has 0 aliphatic carbocycles. The summed E-state index contributed by atoms with van der Waals surface area (Å²) in [6.45, 7) is 5.65. The standard InChI is InChI=1S/C16H24ClO6P.C7H11N5O/c1-16(18,12-20-2)8-4-9-21-24(19)22-10-7-15(23-24)13-5-3-6-14(17)11-13;1-9-4-5(12(2)3)10-7(8)11-6(4)13/h3,5-6,11,15,18H,4,7-10,12H2,1-2H3;1H2,2-3H3,(H3,8,10,11,13)/t15?,16-,24?;/m1./s1. The highest BCUT2D eigenvalue weighted by molar-refractivity contribution is 7.48. The van der Waals surface area contributed by atoms with E-state index in [1.807, 2.05) is 12.1 Å². The monoisotopic (exact) mass is 559 g/mol. The Balaban J connectivity index is 0.000000312. The predicted molar refractivity (Wildman–Crippen MR) is 144 cm³/mol. The Morgan fingerprint density at radius 2 is 2.19 bits per heavy atom. The van der Waals surface area contributed by atoms with Crippen molar-refractivity contribution in [2.75, 3.05) is 51.7 Å². The lowest BCUT2D eigenvalue weighted by atomic mass is 10.0. The van der Waals surface area contributed by atoms with Gasteiger partial charge in [0, 0.05) is 32.6 Å². The summed E-state index contributed by atoms with van der Waals surface area (Å²) in [7, 11) is 1.42. The van der Waals surface area contributed by atoms with Crippen molar-refractivity contribution in [3.05, 3.63) is 45.2 Å². The first kappa shape index (κ1) is 30.9. The molecule has 1 fully saturated rings. The van der Waals surface area contributed by atoms with Crippen LogP contribution in [-0.4, -0.2) is 68.4 Å². The number of hydrogen-bond acceptors (Lipinski definition) is 11. The highest BCUT2D eigenvalue weighted by atomic mass is 35.5. The van der Waals surface area contributed by atoms with Crippen molar-refractivity contribution in [1.82, 2.24) is 9.97 Å². The molecule has 0 bridgehead atoms. The lowest BCUT2D eigenvalue weighted by Crippen LogP contribution is -2.30. The maximum atomic E-state index is 12.6. The summed E-state index contributed by atoms with van der Waals surface area (Å²) in [4.78, 5) is 22.7. The summed E-state index contributed by atoms with van der Waals surface area (Å²) in [5, 5.41) is 10.6. The molecule has 3 atom stereocenters. The number of H-pyrrole nitrogens is 1. The summed E-state index contributed by atoms with van der Waals surface area (Å²) in [5.41, 5.74) is 5.07. The van der Waals surface area contributed by atoms with Crippen LogP contribution in [-0.2, 0) is 22.9 Å². The number of nitrogen functional groups attached to an aromatic ring is 1. The Kier molecular flexibility index (Phi) is 11.7. The Morgan fingerprint density at radius 1 is 1.46 bits per heavy atom. The Morgan fingerprint density at radius 3 is 2.81 bits per heavy atom. The first-order valence-corrected chi connectivity index (χ1v) is 13.3. The number of aliphatic imine (C=N–C) groups is 1. The van der Waals surface area contributed by atoms with Gasteiger partial charge in [-0.05, 0) is 44.2 Å². The zero-order valence-corrected chi connectivity index (χ0v) is 23.1. The van der Waals surface area contributed by atoms with E-state index >= 15 is 0 Å². The smallest absolute Gasteiger partial charge is 0.388 e. The van der Waals surface area contributed by atoms with E-state index in [0.717, 1.165) is 5.56 Å². The van der Waals surface area contributed by atoms with Crippen molar-refractivity contribution < 1.29 is 28.0 Å². The van der Waals surface area contributed by atoms with Gasteiger partial charge in [-0.25, -0.2) is 4.57 Å². The quantitative estimate of drug-likeness (QED) is 0.221. The number of nitrogens with two attached hydrogens (primary N) is 1. The number of aromatic amines is 1. The average Bonchev–Trinajstić information content (AvgIpc) is 2.82. The van der Waals surface area contributed by atoms with Crippen molar-refractivity contribution in [2.45, 2.75) is 37.9 Å². The molecule has 1 saturated heterocycles. The molecule has 0 amide bonds. The number of phosphoric acid groups is 1. The van der Waals surface area contributed by atoms with Gasteiger partial charge in [-0.3, -0.25) is 28.3 Å². The number of ether oxygens (including phenoxy) is 1. The van der Waals surface area contributed by atoms with Crippen LogP contribution < -0.4 is 16.2 Å². The molecule has 1 aromatic heterocycles. The summed E-state index contributed by atoms with van der Waals surface area (Å²) < 4.78 is 33.6. The third-order valence-corrected chi connectivity index (χ3v) is 6.89. The van der Waals surface area contributed by atoms with Crippen molar-refractivity contribution in [3.63, 3.8) is 0 Å². The number of hydrogen-bond donors (Lipinski definition) is 3. The number of aliphatic hydroxyl groups is 1. The van der Waals surface area contributed by atoms with Crippen molar-refractivity contribution in [1.29, 1.82) is 0 Å². The summed E-state index contributed by atoms with van der Waals surface area (Å²) in [6.07, 6.45) is 1.17. The van der Waals surface area contributed by atoms with Crippen molar-refractivity contribution in [2.24, 2.45) is 4.99 Å². The number of benzene rings is 1. The Labute approximate surface area is 221 Å². The second-order valence-corrected chi connectivity index (χ2v) is 10.8. The second-order valence-electron chi connectivity index (χ2n) is 8.76. The minimum absolute atomic E-state index is 0.0705. The number of anilines is 2. The minimum atomic E-state index is -3.60. The minimum Gasteiger partial charge on any atom is -0.388 e. The van der Waals surface area contributed by atoms with E-state index in [0.29, 0.717) is 30.1 Å². The zero-order chi connectivity index (χ0) is 27.6. The van der Waals surface area contributed by atoms with Gasteiger partial charge in [-0.2, -0.15) is 4.98 Å². The Bertz CT molecular complexity index is 1140. The van der Waals surface area contributed by atoms with Gasteiger partial charge in [-0.15, -0.1) is 0 Å². The second kappa shape index (κ2) is 14.0. The summed E-state index contributed by atoms with van der Waals surface area (Å²) in [5.74, 6) is 0.484. The molecule has 206 valence electrons. The number of aromatic nitrogens is 2. The number of nitrogens with zero attached hydrogens (tertiary/aromatic N) is 3. The van der Waals surface area contributed by atoms with Crippen LogP contribution in [0.25, 0.3) is 0 Å². The van der Waals surface area contributed by atoms with E-state index in [1.54, 1.807) is 38.1 Å². The lowest BCUT2D eigenvalue weighted by Gasteiger charge is -2.29. The van der Waals surface area contributed by atoms with E-state index in [9.17, 15) is 14.5 Å². The SMILES string of the molecule is C=Nc1c(N(C)C)nc(N)[nH]c1=O.COC[C@](C)(O)CCCOP1(=O)OCCC(c2cccc(Cl)c2)O1. The molecule has 3 rings (SSSR count). The van der Waals surface area contributed by atoms with E-state index in [-0.39, 0.29) is 43.1 Å². The fraction of sp³-hybridized carbons (Fsp3) is 0.522. The maximum Gasteiger partial charge on any atom is 0.475 e. The van der Waals surface area contributed by atoms with E-state index in [2.05, 4.69) is 21.7 Å². The molecular formula is C23H35ClN5O7P. The van der Waals surface area contributed by atoms with Gasteiger partial charge in [0.05, 0.1) is 31.5 Å². The van der Waals surface area contributed by atoms with Crippen molar-refractivity contribution in [3.8, 4) is 0 Å². The number of nitrogens with one attached hydrogen (secondary N) is 1. The summed E-state index contributed by atoms with van der Waals surface area (Å²) in [6, 6.07) is 7.24. The number of halogens is 1. The highest BCUT2D eigenvalue weighted by Crippen LogP contribution is 2.57. The molecule has 37 heavy (non-hydrogen) atoms. The van der Waals surface area contributed by atoms with Crippen LogP contribution in [0.15, 0.2) is 34.1 Å². The number of rotatable bonds is 10. The molecule has 2 aromatic rings. The van der Waals surface area contributed by atoms with Crippen LogP contribution in [0.1, 0.15) is 37.9 Å². The zero-order valence-electron chi connectivity index (χ0n) is 21.5. The first-order valence-electron chi connectivity index (χ1n) is 11.5. The van der Waals surface area contributed by atoms with Gasteiger partial charge in [0.25, 0.3) is 5.56 Å². The van der Waals surface area contributed by atoms with Crippen LogP contribution in [0, 0.1) is 0 Å². The third-order valence-electron chi connectivity index (χ3n) is 5.15. The third kappa shape index (κ3) is 9.82. The molecule has 1 aromatic carbocycles. The lowest BCUT2D eigenvalue weighted by molar-refractivity contribution is -0.0281. The summed E-state index contributed by atoms with van der Waals surface area (Å²) >= 11 is 5.98. The van der Waals surface area contributed by atoms with Gasteiger partial charge >= 0.3 is 7.82 Å². The predicted octanol–water partition coefficient (Wildman–Crippen LogP) is 3.87. The van der Waals surface area contributed by atoms with Crippen molar-refractivity contribution >= 4 is 43.6 Å². The molecule has 2 unspecified atom stereocenters. The highest BCUT2D eigenvalue weighted by Gasteiger charge is 2.36. The van der Waals surface area contributed by atoms with Crippen LogP contribution in [0.2, 0.25) is 5.02 Å². The van der Waals surface area contributed by atoms with Gasteiger partial charge in [0.15, 0.2) is 11.5 Å². The molecule has 0 saturated carbocycles. The normalized spacial score (nSPS) is 20.9. The molecule has 1 aliphatic rings. The largest absolute Gasteiger partial charge is 0.475 e. The first-order chi connectivity index (χ1) is 17.4.